The highest BCUT2D eigenvalue weighted by Crippen LogP contribution is 2.18. The number of fused-ring (bicyclic) bond motifs is 1. The minimum atomic E-state index is -0.264. The van der Waals surface area contributed by atoms with Crippen molar-refractivity contribution in [3.8, 4) is 5.69 Å². The Morgan fingerprint density at radius 1 is 1.07 bits per heavy atom. The van der Waals surface area contributed by atoms with Crippen LogP contribution in [0.3, 0.4) is 0 Å². The molecule has 0 spiro atoms. The van der Waals surface area contributed by atoms with Gasteiger partial charge in [0.1, 0.15) is 0 Å². The van der Waals surface area contributed by atoms with Crippen LogP contribution in [0.15, 0.2) is 69.3 Å². The minimum absolute atomic E-state index is 0.150. The van der Waals surface area contributed by atoms with Crippen molar-refractivity contribution < 1.29 is 4.79 Å². The molecular formula is C21H18BrN5O2S. The monoisotopic (exact) mass is 483 g/mol. The fraction of sp³-hybridized carbons (Fsp3) is 0.143. The summed E-state index contributed by atoms with van der Waals surface area (Å²) in [6.45, 7) is 4.04. The molecule has 9 heteroatoms. The summed E-state index contributed by atoms with van der Waals surface area (Å²) < 4.78 is 4.10. The topological polar surface area (TPSA) is 81.3 Å². The molecule has 0 saturated heterocycles. The zero-order valence-electron chi connectivity index (χ0n) is 16.3. The molecule has 2 aromatic heterocycles. The molecule has 2 aromatic carbocycles. The van der Waals surface area contributed by atoms with Crippen LogP contribution in [0.1, 0.15) is 11.1 Å². The minimum Gasteiger partial charge on any atom is -0.325 e. The van der Waals surface area contributed by atoms with Gasteiger partial charge in [-0.2, -0.15) is 0 Å². The first-order valence-electron chi connectivity index (χ1n) is 9.14. The fourth-order valence-corrected chi connectivity index (χ4v) is 3.89. The van der Waals surface area contributed by atoms with Crippen molar-refractivity contribution in [3.05, 3.63) is 80.8 Å². The number of aromatic nitrogens is 4. The van der Waals surface area contributed by atoms with Crippen LogP contribution in [0.25, 0.3) is 11.3 Å². The van der Waals surface area contributed by atoms with Crippen LogP contribution in [0.5, 0.6) is 0 Å². The maximum Gasteiger partial charge on any atom is 0.300 e. The van der Waals surface area contributed by atoms with Crippen LogP contribution in [0, 0.1) is 13.8 Å². The van der Waals surface area contributed by atoms with Crippen LogP contribution in [0.2, 0.25) is 0 Å². The predicted molar refractivity (Wildman–Crippen MR) is 122 cm³/mol. The van der Waals surface area contributed by atoms with E-state index >= 15 is 0 Å². The Bertz CT molecular complexity index is 1300. The van der Waals surface area contributed by atoms with Crippen LogP contribution >= 0.6 is 27.7 Å². The van der Waals surface area contributed by atoms with Crippen LogP contribution < -0.4 is 10.9 Å². The Morgan fingerprint density at radius 2 is 1.83 bits per heavy atom. The lowest BCUT2D eigenvalue weighted by molar-refractivity contribution is -0.113. The summed E-state index contributed by atoms with van der Waals surface area (Å²) in [5.74, 6) is -0.0144. The fourth-order valence-electron chi connectivity index (χ4n) is 2.90. The van der Waals surface area contributed by atoms with Gasteiger partial charge < -0.3 is 5.32 Å². The Balaban J connectivity index is 1.52. The third-order valence-corrected chi connectivity index (χ3v) is 6.14. The number of rotatable bonds is 5. The largest absolute Gasteiger partial charge is 0.325 e. The lowest BCUT2D eigenvalue weighted by Gasteiger charge is -2.09. The number of hydrogen-bond donors (Lipinski definition) is 1. The van der Waals surface area contributed by atoms with E-state index in [-0.39, 0.29) is 22.9 Å². The normalized spacial score (nSPS) is 11.0. The second-order valence-corrected chi connectivity index (χ2v) is 8.62. The maximum absolute atomic E-state index is 12.9. The first kappa shape index (κ1) is 20.4. The number of halogens is 1. The van der Waals surface area contributed by atoms with Gasteiger partial charge >= 0.3 is 5.56 Å². The van der Waals surface area contributed by atoms with Gasteiger partial charge in [0.15, 0.2) is 5.16 Å². The first-order valence-corrected chi connectivity index (χ1v) is 10.9. The molecule has 0 fully saturated rings. The standard InChI is InChI=1S/C21H18BrN5O2S/c1-13-3-8-17(11-14(13)2)26-9-10-27-19(20(26)29)24-25-21(27)30-12-18(28)23-16-6-4-15(22)5-7-16/h3-11H,12H2,1-2H3,(H,23,28). The molecule has 2 heterocycles. The molecule has 0 unspecified atom stereocenters. The van der Waals surface area contributed by atoms with Crippen molar-refractivity contribution in [2.75, 3.05) is 11.1 Å². The molecule has 4 rings (SSSR count). The molecule has 0 radical (unpaired) electrons. The van der Waals surface area contributed by atoms with Gasteiger partial charge in [0, 0.05) is 28.2 Å². The molecule has 30 heavy (non-hydrogen) atoms. The highest BCUT2D eigenvalue weighted by molar-refractivity contribution is 9.10. The SMILES string of the molecule is Cc1ccc(-n2ccn3c(SCC(=O)Nc4ccc(Br)cc4)nnc3c2=O)cc1C. The zero-order chi connectivity index (χ0) is 21.3. The van der Waals surface area contributed by atoms with E-state index in [9.17, 15) is 9.59 Å². The average Bonchev–Trinajstić information content (AvgIpc) is 3.15. The maximum atomic E-state index is 12.9. The predicted octanol–water partition coefficient (Wildman–Crippen LogP) is 3.99. The van der Waals surface area contributed by atoms with Crippen molar-refractivity contribution in [1.82, 2.24) is 19.2 Å². The van der Waals surface area contributed by atoms with E-state index in [4.69, 9.17) is 0 Å². The molecule has 152 valence electrons. The first-order chi connectivity index (χ1) is 14.4. The van der Waals surface area contributed by atoms with E-state index in [0.717, 1.165) is 21.3 Å². The van der Waals surface area contributed by atoms with E-state index in [1.165, 1.54) is 11.8 Å². The summed E-state index contributed by atoms with van der Waals surface area (Å²) in [6.07, 6.45) is 3.43. The summed E-state index contributed by atoms with van der Waals surface area (Å²) in [4.78, 5) is 25.1. The van der Waals surface area contributed by atoms with E-state index < -0.39 is 0 Å². The van der Waals surface area contributed by atoms with Gasteiger partial charge in [-0.05, 0) is 61.4 Å². The number of nitrogens with zero attached hydrogens (tertiary/aromatic N) is 4. The molecule has 0 aliphatic heterocycles. The van der Waals surface area contributed by atoms with Gasteiger partial charge in [-0.25, -0.2) is 0 Å². The Kier molecular flexibility index (Phi) is 5.74. The van der Waals surface area contributed by atoms with Crippen molar-refractivity contribution in [2.24, 2.45) is 0 Å². The van der Waals surface area contributed by atoms with Gasteiger partial charge in [0.05, 0.1) is 5.75 Å². The molecule has 1 amide bonds. The second kappa shape index (κ2) is 8.45. The number of carbonyl (C=O) groups is 1. The van der Waals surface area contributed by atoms with E-state index in [2.05, 4.69) is 31.4 Å². The van der Waals surface area contributed by atoms with Crippen molar-refractivity contribution in [2.45, 2.75) is 19.0 Å². The van der Waals surface area contributed by atoms with E-state index in [1.807, 2.05) is 56.3 Å². The molecule has 0 saturated carbocycles. The van der Waals surface area contributed by atoms with E-state index in [1.54, 1.807) is 21.4 Å². The summed E-state index contributed by atoms with van der Waals surface area (Å²) in [6, 6.07) is 13.2. The molecule has 0 atom stereocenters. The second-order valence-electron chi connectivity index (χ2n) is 6.76. The number of anilines is 1. The van der Waals surface area contributed by atoms with Crippen LogP contribution in [-0.4, -0.2) is 30.8 Å². The molecule has 0 aliphatic carbocycles. The van der Waals surface area contributed by atoms with Crippen molar-refractivity contribution in [1.29, 1.82) is 0 Å². The van der Waals surface area contributed by atoms with Gasteiger partial charge in [-0.3, -0.25) is 18.6 Å². The quantitative estimate of drug-likeness (QED) is 0.434. The van der Waals surface area contributed by atoms with Gasteiger partial charge in [0.2, 0.25) is 11.6 Å². The van der Waals surface area contributed by atoms with Crippen molar-refractivity contribution in [3.63, 3.8) is 0 Å². The van der Waals surface area contributed by atoms with Crippen LogP contribution in [-0.2, 0) is 4.79 Å². The average molecular weight is 484 g/mol. The number of nitrogens with one attached hydrogen (secondary N) is 1. The lowest BCUT2D eigenvalue weighted by Crippen LogP contribution is -2.20. The number of aryl methyl sites for hydroxylation is 2. The summed E-state index contributed by atoms with van der Waals surface area (Å²) in [7, 11) is 0. The third-order valence-electron chi connectivity index (χ3n) is 4.67. The van der Waals surface area contributed by atoms with Crippen LogP contribution in [0.4, 0.5) is 5.69 Å². The molecule has 0 aliphatic rings. The Labute approximate surface area is 185 Å². The number of thioether (sulfide) groups is 1. The van der Waals surface area contributed by atoms with Gasteiger partial charge in [0.25, 0.3) is 0 Å². The molecule has 0 bridgehead atoms. The highest BCUT2D eigenvalue weighted by atomic mass is 79.9. The van der Waals surface area contributed by atoms with Gasteiger partial charge in [-0.1, -0.05) is 33.8 Å². The number of amides is 1. The number of carbonyl (C=O) groups excluding carboxylic acids is 1. The third kappa shape index (κ3) is 4.17. The molecular weight excluding hydrogens is 466 g/mol. The van der Waals surface area contributed by atoms with E-state index in [0.29, 0.717) is 10.8 Å². The Hall–Kier alpha value is -2.91. The summed E-state index contributed by atoms with van der Waals surface area (Å²) >= 11 is 4.58. The molecule has 4 aromatic rings. The van der Waals surface area contributed by atoms with Crippen molar-refractivity contribution >= 4 is 44.9 Å². The zero-order valence-corrected chi connectivity index (χ0v) is 18.7. The highest BCUT2D eigenvalue weighted by Gasteiger charge is 2.14. The smallest absolute Gasteiger partial charge is 0.300 e. The molecule has 1 N–H and O–H groups in total. The Morgan fingerprint density at radius 3 is 2.57 bits per heavy atom. The van der Waals surface area contributed by atoms with Gasteiger partial charge in [-0.15, -0.1) is 10.2 Å². The summed E-state index contributed by atoms with van der Waals surface area (Å²) in [5, 5.41) is 11.4. The number of benzene rings is 2. The number of hydrogen-bond acceptors (Lipinski definition) is 5. The lowest BCUT2D eigenvalue weighted by atomic mass is 10.1. The summed E-state index contributed by atoms with van der Waals surface area (Å²) in [5.41, 5.74) is 3.71. The molecule has 7 nitrogen and oxygen atoms in total.